The van der Waals surface area contributed by atoms with E-state index in [1.165, 1.54) is 6.20 Å². The molecule has 1 aliphatic carbocycles. The van der Waals surface area contributed by atoms with Gasteiger partial charge in [-0.1, -0.05) is 6.08 Å². The maximum atomic E-state index is 13.9. The number of piperidine rings is 1. The topological polar surface area (TPSA) is 171 Å². The monoisotopic (exact) mass is 665 g/mol. The fourth-order valence-corrected chi connectivity index (χ4v) is 6.37. The maximum Gasteiger partial charge on any atom is 0.281 e. The van der Waals surface area contributed by atoms with Crippen molar-refractivity contribution in [3.8, 4) is 17.5 Å². The molecule has 4 fully saturated rings. The van der Waals surface area contributed by atoms with Gasteiger partial charge < -0.3 is 30.1 Å². The molecule has 0 radical (unpaired) electrons. The molecule has 14 nitrogen and oxygen atoms in total. The lowest BCUT2D eigenvalue weighted by Gasteiger charge is -2.35. The number of aromatic nitrogens is 5. The van der Waals surface area contributed by atoms with Gasteiger partial charge in [0, 0.05) is 65.0 Å². The number of allylic oxidation sites excluding steroid dienone is 1. The van der Waals surface area contributed by atoms with Crippen LogP contribution in [-0.2, 0) is 14.3 Å². The zero-order valence-electron chi connectivity index (χ0n) is 26.9. The summed E-state index contributed by atoms with van der Waals surface area (Å²) < 4.78 is 33.3. The number of anilines is 3. The third-order valence-corrected chi connectivity index (χ3v) is 9.39. The van der Waals surface area contributed by atoms with Gasteiger partial charge in [0.1, 0.15) is 17.3 Å². The molecule has 0 bridgehead atoms. The van der Waals surface area contributed by atoms with Crippen LogP contribution in [0.1, 0.15) is 57.1 Å². The van der Waals surface area contributed by atoms with E-state index in [-0.39, 0.29) is 34.7 Å². The first kappa shape index (κ1) is 33.4. The predicted molar refractivity (Wildman–Crippen MR) is 172 cm³/mol. The van der Waals surface area contributed by atoms with E-state index in [2.05, 4.69) is 31.0 Å². The van der Waals surface area contributed by atoms with Crippen LogP contribution in [0.3, 0.4) is 0 Å². The van der Waals surface area contributed by atoms with E-state index in [0.717, 1.165) is 38.5 Å². The number of likely N-dealkylation sites (tertiary alicyclic amines) is 1. The van der Waals surface area contributed by atoms with Crippen molar-refractivity contribution in [3.05, 3.63) is 23.5 Å². The number of hydrogen-bond acceptors (Lipinski definition) is 12. The molecule has 48 heavy (non-hydrogen) atoms. The van der Waals surface area contributed by atoms with E-state index < -0.39 is 12.1 Å². The molecule has 2 aromatic heterocycles. The highest BCUT2D eigenvalue weighted by Crippen LogP contribution is 2.32. The molecular formula is C32H41F2N11O3. The molecule has 0 spiro atoms. The average molecular weight is 666 g/mol. The quantitative estimate of drug-likeness (QED) is 0.291. The van der Waals surface area contributed by atoms with E-state index >= 15 is 0 Å². The Hall–Kier alpha value is -4.52. The smallest absolute Gasteiger partial charge is 0.281 e. The van der Waals surface area contributed by atoms with Crippen molar-refractivity contribution in [1.29, 1.82) is 5.26 Å². The fourth-order valence-electron chi connectivity index (χ4n) is 6.37. The Morgan fingerprint density at radius 3 is 2.23 bits per heavy atom. The van der Waals surface area contributed by atoms with Crippen LogP contribution in [0.15, 0.2) is 17.8 Å². The van der Waals surface area contributed by atoms with Crippen molar-refractivity contribution in [2.45, 2.75) is 51.4 Å². The summed E-state index contributed by atoms with van der Waals surface area (Å²) >= 11 is 0. The van der Waals surface area contributed by atoms with E-state index in [9.17, 15) is 23.6 Å². The van der Waals surface area contributed by atoms with Crippen LogP contribution in [0.5, 0.6) is 0 Å². The molecular weight excluding hydrogens is 624 g/mol. The standard InChI is InChI=1S/C32H41F2N11O3/c33-27(34)26-24(20-37-30(36)38-26)28-39-31(41-32(40-28)45-14-16-48-17-15-45)44-12-10-42(11-13-44)25(46)3-1-2-21-6-8-43(9-7-21)29(47)23(19-35)18-22-4-5-22/h18,20-22,27H,1-17H2,(H2,36,37,38)/b23-18-. The highest BCUT2D eigenvalue weighted by Gasteiger charge is 2.29. The van der Waals surface area contributed by atoms with E-state index in [1.807, 2.05) is 20.8 Å². The number of nitrogens with two attached hydrogens (primary N) is 1. The molecule has 4 aliphatic rings. The van der Waals surface area contributed by atoms with Gasteiger partial charge in [-0.05, 0) is 50.4 Å². The first-order chi connectivity index (χ1) is 23.3. The first-order valence-electron chi connectivity index (χ1n) is 16.7. The van der Waals surface area contributed by atoms with E-state index in [1.54, 1.807) is 4.90 Å². The number of carbonyl (C=O) groups excluding carboxylic acids is 2. The average Bonchev–Trinajstić information content (AvgIpc) is 3.95. The second-order valence-corrected chi connectivity index (χ2v) is 12.7. The van der Waals surface area contributed by atoms with E-state index in [4.69, 9.17) is 10.5 Å². The number of ether oxygens (including phenoxy) is 1. The molecule has 0 unspecified atom stereocenters. The molecule has 0 atom stereocenters. The minimum Gasteiger partial charge on any atom is -0.378 e. The number of amides is 2. The van der Waals surface area contributed by atoms with Crippen LogP contribution in [0, 0.1) is 23.2 Å². The largest absolute Gasteiger partial charge is 0.378 e. The minimum absolute atomic E-state index is 0.0132. The molecule has 5 heterocycles. The van der Waals surface area contributed by atoms with Crippen molar-refractivity contribution in [1.82, 2.24) is 34.7 Å². The van der Waals surface area contributed by atoms with Crippen LogP contribution >= 0.6 is 0 Å². The van der Waals surface area contributed by atoms with E-state index in [0.29, 0.717) is 95.7 Å². The highest BCUT2D eigenvalue weighted by molar-refractivity contribution is 5.97. The summed E-state index contributed by atoms with van der Waals surface area (Å²) in [5, 5.41) is 9.40. The van der Waals surface area contributed by atoms with Crippen molar-refractivity contribution >= 4 is 29.7 Å². The third-order valence-electron chi connectivity index (χ3n) is 9.39. The SMILES string of the molecule is N#C/C(=C/C1CC1)C(=O)N1CCC(CCCC(=O)N2CCN(c3nc(-c4cnc(N)nc4C(F)F)nc(N4CCOCC4)n3)CC2)CC1. The summed E-state index contributed by atoms with van der Waals surface area (Å²) in [6, 6.07) is 2.08. The summed E-state index contributed by atoms with van der Waals surface area (Å²) in [5.74, 6) is 1.23. The number of rotatable bonds is 10. The lowest BCUT2D eigenvalue weighted by atomic mass is 9.91. The number of nitrogens with zero attached hydrogens (tertiary/aromatic N) is 10. The Bertz CT molecular complexity index is 1540. The Labute approximate surface area is 278 Å². The predicted octanol–water partition coefficient (Wildman–Crippen LogP) is 2.60. The lowest BCUT2D eigenvalue weighted by Crippen LogP contribution is -2.49. The van der Waals surface area contributed by atoms with Crippen LogP contribution < -0.4 is 15.5 Å². The summed E-state index contributed by atoms with van der Waals surface area (Å²) in [6.45, 7) is 5.27. The van der Waals surface area contributed by atoms with Gasteiger partial charge in [-0.15, -0.1) is 0 Å². The van der Waals surface area contributed by atoms with Crippen LogP contribution in [0.2, 0.25) is 0 Å². The van der Waals surface area contributed by atoms with Gasteiger partial charge in [-0.3, -0.25) is 9.59 Å². The van der Waals surface area contributed by atoms with Crippen LogP contribution in [0.25, 0.3) is 11.4 Å². The van der Waals surface area contributed by atoms with Gasteiger partial charge in [0.15, 0.2) is 5.82 Å². The maximum absolute atomic E-state index is 13.9. The van der Waals surface area contributed by atoms with Crippen LogP contribution in [-0.4, -0.2) is 112 Å². The van der Waals surface area contributed by atoms with Gasteiger partial charge >= 0.3 is 0 Å². The first-order valence-corrected chi connectivity index (χ1v) is 16.7. The van der Waals surface area contributed by atoms with Crippen LogP contribution in [0.4, 0.5) is 26.6 Å². The lowest BCUT2D eigenvalue weighted by molar-refractivity contribution is -0.131. The Kier molecular flexibility index (Phi) is 10.5. The Balaban J connectivity index is 1.02. The fraction of sp³-hybridized carbons (Fsp3) is 0.625. The summed E-state index contributed by atoms with van der Waals surface area (Å²) in [6.07, 6.45) is 6.15. The van der Waals surface area contributed by atoms with Gasteiger partial charge in [0.05, 0.1) is 18.8 Å². The van der Waals surface area contributed by atoms with Crippen molar-refractivity contribution < 1.29 is 23.1 Å². The number of hydrogen-bond donors (Lipinski definition) is 1. The molecule has 2 aromatic rings. The molecule has 6 rings (SSSR count). The number of alkyl halides is 2. The number of carbonyl (C=O) groups is 2. The molecule has 3 saturated heterocycles. The minimum atomic E-state index is -2.90. The number of nitriles is 1. The molecule has 2 amide bonds. The number of piperazine rings is 1. The van der Waals surface area contributed by atoms with Crippen molar-refractivity contribution in [2.75, 3.05) is 81.1 Å². The summed E-state index contributed by atoms with van der Waals surface area (Å²) in [7, 11) is 0. The summed E-state index contributed by atoms with van der Waals surface area (Å²) in [5.41, 5.74) is 5.30. The Morgan fingerprint density at radius 2 is 1.60 bits per heavy atom. The molecule has 256 valence electrons. The highest BCUT2D eigenvalue weighted by atomic mass is 19.3. The molecule has 0 aromatic carbocycles. The summed E-state index contributed by atoms with van der Waals surface area (Å²) in [4.78, 5) is 54.8. The Morgan fingerprint density at radius 1 is 0.938 bits per heavy atom. The molecule has 3 aliphatic heterocycles. The van der Waals surface area contributed by atoms with Crippen molar-refractivity contribution in [3.63, 3.8) is 0 Å². The number of nitrogen functional groups attached to an aromatic ring is 1. The molecule has 16 heteroatoms. The number of morpholine rings is 1. The second-order valence-electron chi connectivity index (χ2n) is 12.7. The normalized spacial score (nSPS) is 19.5. The van der Waals surface area contributed by atoms with Gasteiger partial charge in [-0.2, -0.15) is 20.2 Å². The van der Waals surface area contributed by atoms with Gasteiger partial charge in [-0.25, -0.2) is 18.7 Å². The molecule has 1 saturated carbocycles. The third kappa shape index (κ3) is 8.12. The zero-order valence-corrected chi connectivity index (χ0v) is 26.9. The molecule has 2 N–H and O–H groups in total. The van der Waals surface area contributed by atoms with Gasteiger partial charge in [0.25, 0.3) is 12.3 Å². The van der Waals surface area contributed by atoms with Crippen molar-refractivity contribution in [2.24, 2.45) is 11.8 Å². The zero-order chi connectivity index (χ0) is 33.6. The number of halogens is 2. The second kappa shape index (κ2) is 15.1. The van der Waals surface area contributed by atoms with Gasteiger partial charge in [0.2, 0.25) is 23.8 Å².